The van der Waals surface area contributed by atoms with Gasteiger partial charge >= 0.3 is 0 Å². The number of rotatable bonds is 4. The summed E-state index contributed by atoms with van der Waals surface area (Å²) < 4.78 is 1.81. The van der Waals surface area contributed by atoms with E-state index in [0.29, 0.717) is 17.9 Å². The maximum absolute atomic E-state index is 5.95. The summed E-state index contributed by atoms with van der Waals surface area (Å²) in [6.45, 7) is 4.80. The van der Waals surface area contributed by atoms with Crippen molar-refractivity contribution >= 4 is 5.95 Å². The van der Waals surface area contributed by atoms with E-state index in [2.05, 4.69) is 45.4 Å². The first-order chi connectivity index (χ1) is 13.1. The summed E-state index contributed by atoms with van der Waals surface area (Å²) >= 11 is 0. The number of hydrogen-bond acceptors (Lipinski definition) is 5. The molecule has 0 saturated heterocycles. The predicted molar refractivity (Wildman–Crippen MR) is 106 cm³/mol. The molecule has 27 heavy (non-hydrogen) atoms. The fraction of sp³-hybridized carbons (Fsp3) is 0.143. The number of hydrogen-bond donors (Lipinski definition) is 1. The highest BCUT2D eigenvalue weighted by atomic mass is 15.4. The molecule has 0 fully saturated rings. The van der Waals surface area contributed by atoms with Gasteiger partial charge in [-0.3, -0.25) is 0 Å². The second-order valence-electron chi connectivity index (χ2n) is 6.59. The van der Waals surface area contributed by atoms with Gasteiger partial charge in [0, 0.05) is 5.56 Å². The fourth-order valence-electron chi connectivity index (χ4n) is 3.00. The quantitative estimate of drug-likeness (QED) is 0.603. The minimum atomic E-state index is 0.220. The van der Waals surface area contributed by atoms with Crippen LogP contribution in [0.4, 0.5) is 5.95 Å². The third kappa shape index (κ3) is 3.69. The number of nitrogens with zero attached hydrogens (tertiary/aromatic N) is 5. The molecule has 0 bridgehead atoms. The molecular weight excluding hydrogens is 336 g/mol. The Hall–Kier alpha value is -3.54. The van der Waals surface area contributed by atoms with Crippen molar-refractivity contribution in [2.24, 2.45) is 0 Å². The van der Waals surface area contributed by atoms with Crippen molar-refractivity contribution in [1.29, 1.82) is 0 Å². The molecule has 0 radical (unpaired) electrons. The lowest BCUT2D eigenvalue weighted by Crippen LogP contribution is -2.02. The highest BCUT2D eigenvalue weighted by Crippen LogP contribution is 2.24. The SMILES string of the molecule is Cc1cccc(-c2cc(-c3cn(Cc4ccccc4C)nn3)nc(N)n2)c1. The molecule has 6 nitrogen and oxygen atoms in total. The average molecular weight is 356 g/mol. The second kappa shape index (κ2) is 6.99. The fourth-order valence-corrected chi connectivity index (χ4v) is 3.00. The van der Waals surface area contributed by atoms with E-state index in [0.717, 1.165) is 16.8 Å². The Labute approximate surface area is 157 Å². The molecule has 4 rings (SSSR count). The zero-order valence-electron chi connectivity index (χ0n) is 15.3. The number of aromatic nitrogens is 5. The number of aryl methyl sites for hydroxylation is 2. The normalized spacial score (nSPS) is 10.9. The molecule has 0 atom stereocenters. The molecule has 0 aliphatic rings. The lowest BCUT2D eigenvalue weighted by atomic mass is 10.1. The van der Waals surface area contributed by atoms with Crippen LogP contribution in [0, 0.1) is 13.8 Å². The molecule has 0 aliphatic heterocycles. The summed E-state index contributed by atoms with van der Waals surface area (Å²) in [6, 6.07) is 18.3. The van der Waals surface area contributed by atoms with E-state index < -0.39 is 0 Å². The molecule has 0 unspecified atom stereocenters. The predicted octanol–water partition coefficient (Wildman–Crippen LogP) is 3.65. The average Bonchev–Trinajstić information content (AvgIpc) is 3.12. The van der Waals surface area contributed by atoms with E-state index in [4.69, 9.17) is 5.73 Å². The summed E-state index contributed by atoms with van der Waals surface area (Å²) in [4.78, 5) is 8.71. The number of benzene rings is 2. The van der Waals surface area contributed by atoms with Crippen molar-refractivity contribution in [1.82, 2.24) is 25.0 Å². The summed E-state index contributed by atoms with van der Waals surface area (Å²) in [6.07, 6.45) is 1.88. The minimum Gasteiger partial charge on any atom is -0.368 e. The van der Waals surface area contributed by atoms with Gasteiger partial charge in [-0.25, -0.2) is 14.6 Å². The Bertz CT molecular complexity index is 1100. The minimum absolute atomic E-state index is 0.220. The topological polar surface area (TPSA) is 82.5 Å². The van der Waals surface area contributed by atoms with Crippen LogP contribution in [0.15, 0.2) is 60.8 Å². The van der Waals surface area contributed by atoms with Gasteiger partial charge in [0.15, 0.2) is 0 Å². The molecule has 0 saturated carbocycles. The van der Waals surface area contributed by atoms with Crippen molar-refractivity contribution in [3.8, 4) is 22.6 Å². The Balaban J connectivity index is 1.66. The number of nitrogens with two attached hydrogens (primary N) is 1. The second-order valence-corrected chi connectivity index (χ2v) is 6.59. The summed E-state index contributed by atoms with van der Waals surface area (Å²) in [5.74, 6) is 0.220. The van der Waals surface area contributed by atoms with Gasteiger partial charge in [-0.1, -0.05) is 53.2 Å². The lowest BCUT2D eigenvalue weighted by Gasteiger charge is -2.05. The molecule has 4 aromatic rings. The first kappa shape index (κ1) is 16.9. The van der Waals surface area contributed by atoms with Crippen molar-refractivity contribution in [2.45, 2.75) is 20.4 Å². The van der Waals surface area contributed by atoms with Crippen LogP contribution in [0.1, 0.15) is 16.7 Å². The first-order valence-electron chi connectivity index (χ1n) is 8.75. The van der Waals surface area contributed by atoms with E-state index in [1.807, 2.05) is 54.2 Å². The maximum Gasteiger partial charge on any atom is 0.221 e. The van der Waals surface area contributed by atoms with E-state index in [-0.39, 0.29) is 5.95 Å². The monoisotopic (exact) mass is 356 g/mol. The van der Waals surface area contributed by atoms with Crippen LogP contribution in [0.25, 0.3) is 22.6 Å². The number of anilines is 1. The largest absolute Gasteiger partial charge is 0.368 e. The van der Waals surface area contributed by atoms with Crippen LogP contribution in [0.5, 0.6) is 0 Å². The zero-order valence-corrected chi connectivity index (χ0v) is 15.3. The van der Waals surface area contributed by atoms with Crippen LogP contribution in [0.3, 0.4) is 0 Å². The van der Waals surface area contributed by atoms with Crippen molar-refractivity contribution in [3.05, 3.63) is 77.5 Å². The molecule has 0 aliphatic carbocycles. The third-order valence-corrected chi connectivity index (χ3v) is 4.45. The zero-order chi connectivity index (χ0) is 18.8. The smallest absolute Gasteiger partial charge is 0.221 e. The lowest BCUT2D eigenvalue weighted by molar-refractivity contribution is 0.647. The van der Waals surface area contributed by atoms with Gasteiger partial charge in [0.1, 0.15) is 5.69 Å². The molecule has 6 heteroatoms. The molecule has 2 N–H and O–H groups in total. The molecule has 2 aromatic carbocycles. The highest BCUT2D eigenvalue weighted by molar-refractivity contribution is 5.67. The Kier molecular flexibility index (Phi) is 4.38. The van der Waals surface area contributed by atoms with Gasteiger partial charge < -0.3 is 5.73 Å². The Morgan fingerprint density at radius 3 is 2.52 bits per heavy atom. The van der Waals surface area contributed by atoms with E-state index in [1.54, 1.807) is 0 Å². The molecular formula is C21H20N6. The van der Waals surface area contributed by atoms with Gasteiger partial charge in [0.2, 0.25) is 5.95 Å². The van der Waals surface area contributed by atoms with Gasteiger partial charge in [0.25, 0.3) is 0 Å². The summed E-state index contributed by atoms with van der Waals surface area (Å²) in [7, 11) is 0. The van der Waals surface area contributed by atoms with E-state index >= 15 is 0 Å². The van der Waals surface area contributed by atoms with Gasteiger partial charge in [0.05, 0.1) is 24.1 Å². The van der Waals surface area contributed by atoms with Crippen molar-refractivity contribution < 1.29 is 0 Å². The van der Waals surface area contributed by atoms with Crippen LogP contribution in [0.2, 0.25) is 0 Å². The Morgan fingerprint density at radius 2 is 1.70 bits per heavy atom. The standard InChI is InChI=1S/C21H20N6/c1-14-6-5-9-16(10-14)18-11-19(24-21(22)23-18)20-13-27(26-25-20)12-17-8-4-3-7-15(17)2/h3-11,13H,12H2,1-2H3,(H2,22,23,24). The highest BCUT2D eigenvalue weighted by Gasteiger charge is 2.11. The molecule has 134 valence electrons. The van der Waals surface area contributed by atoms with E-state index in [9.17, 15) is 0 Å². The maximum atomic E-state index is 5.95. The molecule has 0 spiro atoms. The Morgan fingerprint density at radius 1 is 0.889 bits per heavy atom. The number of nitrogen functional groups attached to an aromatic ring is 1. The van der Waals surface area contributed by atoms with Crippen molar-refractivity contribution in [2.75, 3.05) is 5.73 Å². The van der Waals surface area contributed by atoms with Gasteiger partial charge in [-0.15, -0.1) is 5.10 Å². The van der Waals surface area contributed by atoms with E-state index in [1.165, 1.54) is 11.1 Å². The summed E-state index contributed by atoms with van der Waals surface area (Å²) in [5.41, 5.74) is 12.6. The third-order valence-electron chi connectivity index (χ3n) is 4.45. The molecule has 2 aromatic heterocycles. The van der Waals surface area contributed by atoms with Gasteiger partial charge in [-0.05, 0) is 37.1 Å². The van der Waals surface area contributed by atoms with Gasteiger partial charge in [-0.2, -0.15) is 0 Å². The first-order valence-corrected chi connectivity index (χ1v) is 8.75. The van der Waals surface area contributed by atoms with Crippen LogP contribution >= 0.6 is 0 Å². The molecule has 2 heterocycles. The van der Waals surface area contributed by atoms with Crippen LogP contribution < -0.4 is 5.73 Å². The molecule has 0 amide bonds. The van der Waals surface area contributed by atoms with Crippen molar-refractivity contribution in [3.63, 3.8) is 0 Å². The van der Waals surface area contributed by atoms with Crippen LogP contribution in [-0.4, -0.2) is 25.0 Å². The van der Waals surface area contributed by atoms with Crippen LogP contribution in [-0.2, 0) is 6.54 Å². The summed E-state index contributed by atoms with van der Waals surface area (Å²) in [5, 5.41) is 8.51.